The summed E-state index contributed by atoms with van der Waals surface area (Å²) >= 11 is 0. The number of rotatable bonds is 9. The SMILES string of the molecule is CCC(CCO)CNc1cc(OC(C)C)cc([N+](=O)[O-])c1. The predicted octanol–water partition coefficient (Wildman–Crippen LogP) is 3.20. The second-order valence-corrected chi connectivity index (χ2v) is 5.31. The largest absolute Gasteiger partial charge is 0.491 e. The van der Waals surface area contributed by atoms with Crippen molar-refractivity contribution < 1.29 is 14.8 Å². The molecule has 1 aromatic carbocycles. The van der Waals surface area contributed by atoms with Gasteiger partial charge in [0, 0.05) is 31.0 Å². The Morgan fingerprint density at radius 3 is 2.62 bits per heavy atom. The molecule has 2 N–H and O–H groups in total. The minimum absolute atomic E-state index is 0.00542. The highest BCUT2D eigenvalue weighted by atomic mass is 16.6. The maximum Gasteiger partial charge on any atom is 0.275 e. The lowest BCUT2D eigenvalue weighted by atomic mass is 10.0. The maximum absolute atomic E-state index is 11.0. The highest BCUT2D eigenvalue weighted by Gasteiger charge is 2.12. The van der Waals surface area contributed by atoms with Crippen LogP contribution in [0.2, 0.25) is 0 Å². The van der Waals surface area contributed by atoms with Crippen molar-refractivity contribution in [1.82, 2.24) is 0 Å². The van der Waals surface area contributed by atoms with Crippen molar-refractivity contribution in [3.05, 3.63) is 28.3 Å². The summed E-state index contributed by atoms with van der Waals surface area (Å²) in [4.78, 5) is 10.5. The van der Waals surface area contributed by atoms with E-state index in [4.69, 9.17) is 9.84 Å². The van der Waals surface area contributed by atoms with Crippen LogP contribution in [0.1, 0.15) is 33.6 Å². The molecule has 1 rings (SSSR count). The van der Waals surface area contributed by atoms with Crippen LogP contribution in [0.3, 0.4) is 0 Å². The number of hydrogen-bond donors (Lipinski definition) is 2. The van der Waals surface area contributed by atoms with Crippen LogP contribution in [0, 0.1) is 16.0 Å². The first-order valence-corrected chi connectivity index (χ1v) is 7.27. The molecule has 1 atom stereocenters. The molecule has 0 radical (unpaired) electrons. The highest BCUT2D eigenvalue weighted by Crippen LogP contribution is 2.27. The Balaban J connectivity index is 2.84. The highest BCUT2D eigenvalue weighted by molar-refractivity contribution is 5.56. The molecule has 0 spiro atoms. The number of nitrogens with one attached hydrogen (secondary N) is 1. The van der Waals surface area contributed by atoms with Crippen LogP contribution in [0.5, 0.6) is 5.75 Å². The van der Waals surface area contributed by atoms with Gasteiger partial charge in [0.15, 0.2) is 0 Å². The number of aliphatic hydroxyl groups excluding tert-OH is 1. The first-order valence-electron chi connectivity index (χ1n) is 7.27. The van der Waals surface area contributed by atoms with Crippen LogP contribution in [0.15, 0.2) is 18.2 Å². The van der Waals surface area contributed by atoms with E-state index in [-0.39, 0.29) is 18.4 Å². The van der Waals surface area contributed by atoms with Crippen LogP contribution in [-0.2, 0) is 0 Å². The molecule has 0 amide bonds. The van der Waals surface area contributed by atoms with Gasteiger partial charge in [-0.25, -0.2) is 0 Å². The zero-order chi connectivity index (χ0) is 15.8. The lowest BCUT2D eigenvalue weighted by molar-refractivity contribution is -0.384. The summed E-state index contributed by atoms with van der Waals surface area (Å²) in [5.41, 5.74) is 0.669. The van der Waals surface area contributed by atoms with Crippen molar-refractivity contribution >= 4 is 11.4 Å². The van der Waals surface area contributed by atoms with Crippen LogP contribution in [0.4, 0.5) is 11.4 Å². The number of hydrogen-bond acceptors (Lipinski definition) is 5. The monoisotopic (exact) mass is 296 g/mol. The van der Waals surface area contributed by atoms with Gasteiger partial charge in [-0.2, -0.15) is 0 Å². The van der Waals surface area contributed by atoms with Crippen molar-refractivity contribution in [2.45, 2.75) is 39.7 Å². The van der Waals surface area contributed by atoms with Crippen molar-refractivity contribution in [2.24, 2.45) is 5.92 Å². The fourth-order valence-corrected chi connectivity index (χ4v) is 2.03. The molecule has 118 valence electrons. The van der Waals surface area contributed by atoms with E-state index >= 15 is 0 Å². The van der Waals surface area contributed by atoms with Gasteiger partial charge in [-0.15, -0.1) is 0 Å². The van der Waals surface area contributed by atoms with Crippen LogP contribution in [0.25, 0.3) is 0 Å². The summed E-state index contributed by atoms with van der Waals surface area (Å²) in [5, 5.41) is 23.2. The first kappa shape index (κ1) is 17.2. The molecule has 0 bridgehead atoms. The fourth-order valence-electron chi connectivity index (χ4n) is 2.03. The smallest absolute Gasteiger partial charge is 0.275 e. The molecular weight excluding hydrogens is 272 g/mol. The topological polar surface area (TPSA) is 84.6 Å². The third-order valence-corrected chi connectivity index (χ3v) is 3.18. The lowest BCUT2D eigenvalue weighted by Gasteiger charge is -2.16. The van der Waals surface area contributed by atoms with E-state index in [2.05, 4.69) is 12.2 Å². The van der Waals surface area contributed by atoms with E-state index in [9.17, 15) is 10.1 Å². The van der Waals surface area contributed by atoms with E-state index in [1.807, 2.05) is 13.8 Å². The molecule has 6 nitrogen and oxygen atoms in total. The van der Waals surface area contributed by atoms with E-state index in [0.717, 1.165) is 6.42 Å². The Morgan fingerprint density at radius 1 is 1.38 bits per heavy atom. The quantitative estimate of drug-likeness (QED) is 0.540. The molecule has 0 saturated carbocycles. The van der Waals surface area contributed by atoms with Gasteiger partial charge in [0.05, 0.1) is 17.1 Å². The number of benzene rings is 1. The summed E-state index contributed by atoms with van der Waals surface area (Å²) in [6.07, 6.45) is 1.61. The number of aliphatic hydroxyl groups is 1. The Kier molecular flexibility index (Phi) is 6.94. The van der Waals surface area contributed by atoms with Gasteiger partial charge in [-0.1, -0.05) is 13.3 Å². The molecule has 1 aromatic rings. The lowest BCUT2D eigenvalue weighted by Crippen LogP contribution is -2.15. The zero-order valence-electron chi connectivity index (χ0n) is 12.8. The summed E-state index contributed by atoms with van der Waals surface area (Å²) < 4.78 is 5.54. The number of anilines is 1. The summed E-state index contributed by atoms with van der Waals surface area (Å²) in [7, 11) is 0. The van der Waals surface area contributed by atoms with Gasteiger partial charge in [0.1, 0.15) is 5.75 Å². The van der Waals surface area contributed by atoms with E-state index < -0.39 is 4.92 Å². The second kappa shape index (κ2) is 8.46. The molecule has 0 heterocycles. The average Bonchev–Trinajstić information content (AvgIpc) is 2.42. The second-order valence-electron chi connectivity index (χ2n) is 5.31. The Morgan fingerprint density at radius 2 is 2.10 bits per heavy atom. The summed E-state index contributed by atoms with van der Waals surface area (Å²) in [6.45, 7) is 6.62. The molecule has 0 aliphatic carbocycles. The van der Waals surface area contributed by atoms with Crippen LogP contribution < -0.4 is 10.1 Å². The maximum atomic E-state index is 11.0. The predicted molar refractivity (Wildman–Crippen MR) is 82.8 cm³/mol. The van der Waals surface area contributed by atoms with Gasteiger partial charge in [0.25, 0.3) is 5.69 Å². The molecule has 21 heavy (non-hydrogen) atoms. The Bertz CT molecular complexity index is 463. The molecule has 0 aromatic heterocycles. The van der Waals surface area contributed by atoms with Crippen LogP contribution in [-0.4, -0.2) is 29.3 Å². The van der Waals surface area contributed by atoms with Crippen molar-refractivity contribution in [2.75, 3.05) is 18.5 Å². The Labute approximate surface area is 125 Å². The van der Waals surface area contributed by atoms with Gasteiger partial charge in [-0.05, 0) is 26.2 Å². The van der Waals surface area contributed by atoms with E-state index in [1.165, 1.54) is 12.1 Å². The Hall–Kier alpha value is -1.82. The molecule has 6 heteroatoms. The molecule has 1 unspecified atom stereocenters. The number of nitro benzene ring substituents is 1. The molecule has 0 fully saturated rings. The number of nitro groups is 1. The first-order chi connectivity index (χ1) is 9.96. The van der Waals surface area contributed by atoms with Gasteiger partial charge in [0.2, 0.25) is 0 Å². The van der Waals surface area contributed by atoms with Gasteiger partial charge in [-0.3, -0.25) is 10.1 Å². The standard InChI is InChI=1S/C15H24N2O4/c1-4-12(5-6-18)10-16-13-7-14(17(19)20)9-15(8-13)21-11(2)3/h7-9,11-12,16,18H,4-6,10H2,1-3H3. The number of ether oxygens (including phenoxy) is 1. The summed E-state index contributed by atoms with van der Waals surface area (Å²) in [6, 6.07) is 4.69. The number of nitrogens with zero attached hydrogens (tertiary/aromatic N) is 1. The van der Waals surface area contributed by atoms with Crippen molar-refractivity contribution in [3.63, 3.8) is 0 Å². The molecular formula is C15H24N2O4. The zero-order valence-corrected chi connectivity index (χ0v) is 12.8. The number of non-ortho nitro benzene ring substituents is 1. The van der Waals surface area contributed by atoms with Crippen molar-refractivity contribution in [3.8, 4) is 5.75 Å². The fraction of sp³-hybridized carbons (Fsp3) is 0.600. The summed E-state index contributed by atoms with van der Waals surface area (Å²) in [5.74, 6) is 0.820. The minimum Gasteiger partial charge on any atom is -0.491 e. The third-order valence-electron chi connectivity index (χ3n) is 3.18. The van der Waals surface area contributed by atoms with Gasteiger partial charge >= 0.3 is 0 Å². The van der Waals surface area contributed by atoms with Gasteiger partial charge < -0.3 is 15.2 Å². The van der Waals surface area contributed by atoms with E-state index in [1.54, 1.807) is 6.07 Å². The molecule has 0 saturated heterocycles. The molecule has 0 aliphatic rings. The molecule has 0 aliphatic heterocycles. The third kappa shape index (κ3) is 5.99. The van der Waals surface area contributed by atoms with Crippen LogP contribution >= 0.6 is 0 Å². The van der Waals surface area contributed by atoms with E-state index in [0.29, 0.717) is 30.3 Å². The normalized spacial score (nSPS) is 12.2. The minimum atomic E-state index is -0.427. The average molecular weight is 296 g/mol. The van der Waals surface area contributed by atoms with Crippen molar-refractivity contribution in [1.29, 1.82) is 0 Å².